The number of nitrogens with zero attached hydrogens (tertiary/aromatic N) is 2. The van der Waals surface area contributed by atoms with Crippen LogP contribution in [0.3, 0.4) is 0 Å². The summed E-state index contributed by atoms with van der Waals surface area (Å²) in [5.74, 6) is -0.00202. The SMILES string of the molecule is COc1cccc(C(=O)N(CCC(=O)O)c2cc(C)on2)c1. The summed E-state index contributed by atoms with van der Waals surface area (Å²) in [7, 11) is 1.51. The van der Waals surface area contributed by atoms with Crippen molar-refractivity contribution < 1.29 is 24.0 Å². The van der Waals surface area contributed by atoms with Gasteiger partial charge in [-0.3, -0.25) is 14.5 Å². The first kappa shape index (κ1) is 15.6. The van der Waals surface area contributed by atoms with E-state index in [-0.39, 0.29) is 24.7 Å². The van der Waals surface area contributed by atoms with Crippen LogP contribution >= 0.6 is 0 Å². The molecular weight excluding hydrogens is 288 g/mol. The van der Waals surface area contributed by atoms with Gasteiger partial charge in [0, 0.05) is 18.2 Å². The summed E-state index contributed by atoms with van der Waals surface area (Å²) in [4.78, 5) is 24.7. The number of carboxylic acid groups (broad SMARTS) is 1. The number of aliphatic carboxylic acids is 1. The van der Waals surface area contributed by atoms with Gasteiger partial charge in [0.25, 0.3) is 5.91 Å². The van der Waals surface area contributed by atoms with Crippen molar-refractivity contribution in [1.82, 2.24) is 5.16 Å². The highest BCUT2D eigenvalue weighted by molar-refractivity contribution is 6.06. The van der Waals surface area contributed by atoms with Crippen LogP contribution in [0.15, 0.2) is 34.9 Å². The average molecular weight is 304 g/mol. The molecule has 0 fully saturated rings. The molecule has 0 unspecified atom stereocenters. The van der Waals surface area contributed by atoms with Gasteiger partial charge in [-0.1, -0.05) is 11.2 Å². The number of methoxy groups -OCH3 is 1. The molecule has 7 heteroatoms. The molecule has 116 valence electrons. The third-order valence-electron chi connectivity index (χ3n) is 3.00. The van der Waals surface area contributed by atoms with Gasteiger partial charge < -0.3 is 14.4 Å². The average Bonchev–Trinajstić information content (AvgIpc) is 2.93. The van der Waals surface area contributed by atoms with E-state index in [4.69, 9.17) is 14.4 Å². The Morgan fingerprint density at radius 3 is 2.73 bits per heavy atom. The minimum atomic E-state index is -0.997. The van der Waals surface area contributed by atoms with E-state index in [2.05, 4.69) is 5.16 Å². The molecule has 0 aliphatic rings. The number of hydrogen-bond donors (Lipinski definition) is 1. The van der Waals surface area contributed by atoms with Gasteiger partial charge in [0.15, 0.2) is 5.82 Å². The summed E-state index contributed by atoms with van der Waals surface area (Å²) in [6, 6.07) is 8.21. The molecule has 0 bridgehead atoms. The lowest BCUT2D eigenvalue weighted by atomic mass is 10.2. The van der Waals surface area contributed by atoms with Crippen molar-refractivity contribution in [3.63, 3.8) is 0 Å². The van der Waals surface area contributed by atoms with Gasteiger partial charge in [-0.25, -0.2) is 0 Å². The molecule has 2 rings (SSSR count). The van der Waals surface area contributed by atoms with Crippen molar-refractivity contribution in [1.29, 1.82) is 0 Å². The Kier molecular flexibility index (Phi) is 4.77. The van der Waals surface area contributed by atoms with E-state index in [0.717, 1.165) is 0 Å². The molecule has 1 amide bonds. The Morgan fingerprint density at radius 1 is 1.36 bits per heavy atom. The van der Waals surface area contributed by atoms with Crippen LogP contribution in [0.1, 0.15) is 22.5 Å². The molecular formula is C15H16N2O5. The fraction of sp³-hybridized carbons (Fsp3) is 0.267. The molecule has 0 spiro atoms. The molecule has 0 aliphatic carbocycles. The Balaban J connectivity index is 2.30. The topological polar surface area (TPSA) is 92.9 Å². The van der Waals surface area contributed by atoms with Gasteiger partial charge in [-0.2, -0.15) is 0 Å². The zero-order valence-corrected chi connectivity index (χ0v) is 12.3. The summed E-state index contributed by atoms with van der Waals surface area (Å²) in [6.45, 7) is 1.69. The molecule has 0 atom stereocenters. The van der Waals surface area contributed by atoms with Crippen LogP contribution in [0.2, 0.25) is 0 Å². The van der Waals surface area contributed by atoms with Crippen molar-refractivity contribution >= 4 is 17.7 Å². The molecule has 1 heterocycles. The summed E-state index contributed by atoms with van der Waals surface area (Å²) in [6.07, 6.45) is -0.193. The van der Waals surface area contributed by atoms with Gasteiger partial charge >= 0.3 is 5.97 Å². The highest BCUT2D eigenvalue weighted by atomic mass is 16.5. The highest BCUT2D eigenvalue weighted by Crippen LogP contribution is 2.20. The standard InChI is InChI=1S/C15H16N2O5/c1-10-8-13(16-22-10)17(7-6-14(18)19)15(20)11-4-3-5-12(9-11)21-2/h3-5,8-9H,6-7H2,1-2H3,(H,18,19). The molecule has 0 radical (unpaired) electrons. The third kappa shape index (κ3) is 3.63. The van der Waals surface area contributed by atoms with E-state index in [9.17, 15) is 9.59 Å². The molecule has 1 aromatic heterocycles. The first-order valence-corrected chi connectivity index (χ1v) is 6.62. The molecule has 22 heavy (non-hydrogen) atoms. The molecule has 1 N–H and O–H groups in total. The van der Waals surface area contributed by atoms with E-state index >= 15 is 0 Å². The number of hydrogen-bond acceptors (Lipinski definition) is 5. The molecule has 0 aliphatic heterocycles. The molecule has 7 nitrogen and oxygen atoms in total. The van der Waals surface area contributed by atoms with Crippen LogP contribution in [0.4, 0.5) is 5.82 Å². The van der Waals surface area contributed by atoms with E-state index in [1.54, 1.807) is 37.3 Å². The van der Waals surface area contributed by atoms with Crippen LogP contribution in [-0.2, 0) is 4.79 Å². The van der Waals surface area contributed by atoms with E-state index in [1.165, 1.54) is 12.0 Å². The van der Waals surface area contributed by atoms with Crippen molar-refractivity contribution in [2.45, 2.75) is 13.3 Å². The number of ether oxygens (including phenoxy) is 1. The van der Waals surface area contributed by atoms with Crippen molar-refractivity contribution in [2.24, 2.45) is 0 Å². The van der Waals surface area contributed by atoms with Gasteiger partial charge in [0.1, 0.15) is 11.5 Å². The monoisotopic (exact) mass is 304 g/mol. The summed E-state index contributed by atoms with van der Waals surface area (Å²) < 4.78 is 10.1. The predicted molar refractivity (Wildman–Crippen MR) is 78.2 cm³/mol. The van der Waals surface area contributed by atoms with Crippen LogP contribution in [0, 0.1) is 6.92 Å². The molecule has 0 saturated carbocycles. The van der Waals surface area contributed by atoms with E-state index in [1.807, 2.05) is 0 Å². The number of benzene rings is 1. The Labute approximate surface area is 127 Å². The fourth-order valence-corrected chi connectivity index (χ4v) is 1.92. The van der Waals surface area contributed by atoms with Gasteiger partial charge in [0.2, 0.25) is 0 Å². The van der Waals surface area contributed by atoms with Gasteiger partial charge in [0.05, 0.1) is 13.5 Å². The van der Waals surface area contributed by atoms with E-state index in [0.29, 0.717) is 17.1 Å². The third-order valence-corrected chi connectivity index (χ3v) is 3.00. The second-order valence-electron chi connectivity index (χ2n) is 4.63. The Bertz CT molecular complexity index is 680. The smallest absolute Gasteiger partial charge is 0.305 e. The first-order valence-electron chi connectivity index (χ1n) is 6.62. The summed E-state index contributed by atoms with van der Waals surface area (Å²) >= 11 is 0. The summed E-state index contributed by atoms with van der Waals surface area (Å²) in [5, 5.41) is 12.6. The number of anilines is 1. The van der Waals surface area contributed by atoms with Crippen LogP contribution in [0.5, 0.6) is 5.75 Å². The highest BCUT2D eigenvalue weighted by Gasteiger charge is 2.22. The van der Waals surface area contributed by atoms with Gasteiger partial charge in [-0.15, -0.1) is 0 Å². The second-order valence-corrected chi connectivity index (χ2v) is 4.63. The maximum absolute atomic E-state index is 12.6. The number of carbonyl (C=O) groups excluding carboxylic acids is 1. The molecule has 0 saturated heterocycles. The lowest BCUT2D eigenvalue weighted by Gasteiger charge is -2.19. The normalized spacial score (nSPS) is 10.3. The second kappa shape index (κ2) is 6.75. The molecule has 2 aromatic rings. The number of rotatable bonds is 6. The largest absolute Gasteiger partial charge is 0.497 e. The lowest BCUT2D eigenvalue weighted by molar-refractivity contribution is -0.136. The zero-order valence-electron chi connectivity index (χ0n) is 12.3. The maximum atomic E-state index is 12.6. The van der Waals surface area contributed by atoms with E-state index < -0.39 is 5.97 Å². The lowest BCUT2D eigenvalue weighted by Crippen LogP contribution is -2.33. The number of aryl methyl sites for hydroxylation is 1. The zero-order chi connectivity index (χ0) is 16.1. The maximum Gasteiger partial charge on any atom is 0.305 e. The molecule has 1 aromatic carbocycles. The minimum Gasteiger partial charge on any atom is -0.497 e. The quantitative estimate of drug-likeness (QED) is 0.878. The number of carbonyl (C=O) groups is 2. The summed E-state index contributed by atoms with van der Waals surface area (Å²) in [5.41, 5.74) is 0.380. The van der Waals surface area contributed by atoms with Crippen LogP contribution in [-0.4, -0.2) is 35.8 Å². The van der Waals surface area contributed by atoms with Gasteiger partial charge in [-0.05, 0) is 25.1 Å². The van der Waals surface area contributed by atoms with Crippen LogP contribution < -0.4 is 9.64 Å². The van der Waals surface area contributed by atoms with Crippen molar-refractivity contribution in [3.8, 4) is 5.75 Å². The predicted octanol–water partition coefficient (Wildman–Crippen LogP) is 2.11. The minimum absolute atomic E-state index is 0.00263. The number of carboxylic acids is 1. The van der Waals surface area contributed by atoms with Crippen LogP contribution in [0.25, 0.3) is 0 Å². The first-order chi connectivity index (χ1) is 10.5. The fourth-order valence-electron chi connectivity index (χ4n) is 1.92. The number of aromatic nitrogens is 1. The van der Waals surface area contributed by atoms with Crippen molar-refractivity contribution in [3.05, 3.63) is 41.7 Å². The number of amides is 1. The Hall–Kier alpha value is -2.83. The Morgan fingerprint density at radius 2 is 2.14 bits per heavy atom. The van der Waals surface area contributed by atoms with Crippen molar-refractivity contribution in [2.75, 3.05) is 18.6 Å².